The number of hydrogen-bond acceptors (Lipinski definition) is 6. The van der Waals surface area contributed by atoms with Crippen molar-refractivity contribution >= 4 is 11.6 Å². The van der Waals surface area contributed by atoms with Crippen LogP contribution in [0, 0.1) is 13.8 Å². The van der Waals surface area contributed by atoms with Crippen molar-refractivity contribution in [2.45, 2.75) is 27.3 Å². The van der Waals surface area contributed by atoms with Crippen LogP contribution in [-0.2, 0) is 6.54 Å². The number of nitrogens with one attached hydrogen (secondary N) is 2. The Morgan fingerprint density at radius 3 is 2.44 bits per heavy atom. The zero-order chi connectivity index (χ0) is 13.0. The van der Waals surface area contributed by atoms with E-state index in [9.17, 15) is 0 Å². The summed E-state index contributed by atoms with van der Waals surface area (Å²) in [6.45, 7) is 7.22. The van der Waals surface area contributed by atoms with E-state index in [4.69, 9.17) is 4.42 Å². The van der Waals surface area contributed by atoms with Crippen molar-refractivity contribution in [2.24, 2.45) is 0 Å². The molecule has 0 saturated carbocycles. The molecule has 2 aromatic rings. The van der Waals surface area contributed by atoms with Crippen molar-refractivity contribution in [2.75, 3.05) is 17.2 Å². The van der Waals surface area contributed by atoms with Gasteiger partial charge in [-0.3, -0.25) is 0 Å². The third-order valence-corrected chi connectivity index (χ3v) is 2.50. The molecule has 0 amide bonds. The summed E-state index contributed by atoms with van der Waals surface area (Å²) in [6, 6.07) is 0. The van der Waals surface area contributed by atoms with Crippen molar-refractivity contribution in [1.82, 2.24) is 15.0 Å². The summed E-state index contributed by atoms with van der Waals surface area (Å²) in [5, 5.41) is 6.38. The van der Waals surface area contributed by atoms with E-state index >= 15 is 0 Å². The molecule has 6 nitrogen and oxygen atoms in total. The van der Waals surface area contributed by atoms with E-state index in [1.807, 2.05) is 20.8 Å². The van der Waals surface area contributed by atoms with Crippen LogP contribution in [0.4, 0.5) is 11.6 Å². The Kier molecular flexibility index (Phi) is 3.76. The first-order valence-electron chi connectivity index (χ1n) is 5.91. The minimum absolute atomic E-state index is 0.511. The Morgan fingerprint density at radius 2 is 1.83 bits per heavy atom. The second-order valence-electron chi connectivity index (χ2n) is 3.94. The van der Waals surface area contributed by atoms with E-state index in [0.717, 1.165) is 29.5 Å². The highest BCUT2D eigenvalue weighted by molar-refractivity contribution is 5.56. The molecule has 0 saturated heterocycles. The second-order valence-corrected chi connectivity index (χ2v) is 3.94. The molecule has 2 N–H and O–H groups in total. The third-order valence-electron chi connectivity index (χ3n) is 2.50. The van der Waals surface area contributed by atoms with Crippen molar-refractivity contribution < 1.29 is 4.42 Å². The molecule has 0 spiro atoms. The van der Waals surface area contributed by atoms with Crippen molar-refractivity contribution in [3.05, 3.63) is 29.7 Å². The summed E-state index contributed by atoms with van der Waals surface area (Å²) in [4.78, 5) is 12.5. The normalized spacial score (nSPS) is 10.4. The highest BCUT2D eigenvalue weighted by atomic mass is 16.4. The molecule has 0 aliphatic heterocycles. The number of aryl methyl sites for hydroxylation is 1. The molecule has 0 aromatic carbocycles. The molecule has 2 heterocycles. The van der Waals surface area contributed by atoms with Gasteiger partial charge in [0.05, 0.1) is 12.7 Å². The van der Waals surface area contributed by atoms with Gasteiger partial charge in [-0.05, 0) is 20.8 Å². The van der Waals surface area contributed by atoms with Gasteiger partial charge in [0.2, 0.25) is 5.89 Å². The van der Waals surface area contributed by atoms with Crippen LogP contribution in [0.3, 0.4) is 0 Å². The summed E-state index contributed by atoms with van der Waals surface area (Å²) in [7, 11) is 0. The Bertz CT molecular complexity index is 523. The molecule has 96 valence electrons. The first-order chi connectivity index (χ1) is 8.70. The van der Waals surface area contributed by atoms with Crippen molar-refractivity contribution in [3.63, 3.8) is 0 Å². The van der Waals surface area contributed by atoms with Gasteiger partial charge in [-0.2, -0.15) is 0 Å². The second kappa shape index (κ2) is 5.48. The summed E-state index contributed by atoms with van der Waals surface area (Å²) in [6.07, 6.45) is 3.24. The Morgan fingerprint density at radius 1 is 1.11 bits per heavy atom. The third kappa shape index (κ3) is 2.77. The highest BCUT2D eigenvalue weighted by Crippen LogP contribution is 2.18. The molecule has 6 heteroatoms. The predicted molar refractivity (Wildman–Crippen MR) is 69.5 cm³/mol. The smallest absolute Gasteiger partial charge is 0.213 e. The largest absolute Gasteiger partial charge is 0.444 e. The number of nitrogens with zero attached hydrogens (tertiary/aromatic N) is 3. The fraction of sp³-hybridized carbons (Fsp3) is 0.417. The van der Waals surface area contributed by atoms with Gasteiger partial charge in [-0.25, -0.2) is 15.0 Å². The minimum atomic E-state index is 0.511. The maximum Gasteiger partial charge on any atom is 0.213 e. The number of rotatable bonds is 5. The molecule has 2 aromatic heterocycles. The Balaban J connectivity index is 2.07. The first-order valence-corrected chi connectivity index (χ1v) is 5.91. The quantitative estimate of drug-likeness (QED) is 0.843. The van der Waals surface area contributed by atoms with Gasteiger partial charge in [0.1, 0.15) is 23.7 Å². The zero-order valence-electron chi connectivity index (χ0n) is 10.8. The molecular formula is C12H17N5O. The van der Waals surface area contributed by atoms with Gasteiger partial charge in [0.15, 0.2) is 0 Å². The molecule has 2 rings (SSSR count). The lowest BCUT2D eigenvalue weighted by atomic mass is 10.3. The lowest BCUT2D eigenvalue weighted by Gasteiger charge is -2.10. The molecule has 0 aliphatic carbocycles. The van der Waals surface area contributed by atoms with Crippen LogP contribution < -0.4 is 10.6 Å². The maximum absolute atomic E-state index is 5.39. The molecule has 0 bridgehead atoms. The van der Waals surface area contributed by atoms with E-state index in [-0.39, 0.29) is 0 Å². The fourth-order valence-electron chi connectivity index (χ4n) is 1.62. The number of oxazole rings is 1. The van der Waals surface area contributed by atoms with E-state index in [0.29, 0.717) is 12.4 Å². The van der Waals surface area contributed by atoms with Crippen molar-refractivity contribution in [1.29, 1.82) is 0 Å². The van der Waals surface area contributed by atoms with Gasteiger partial charge >= 0.3 is 0 Å². The fourth-order valence-corrected chi connectivity index (χ4v) is 1.62. The SMILES string of the molecule is CCNc1ncnc(NCc2ncc(C)o2)c1C. The van der Waals surface area contributed by atoms with Crippen LogP contribution in [-0.4, -0.2) is 21.5 Å². The standard InChI is InChI=1S/C12H17N5O/c1-4-13-11-9(3)12(17-7-16-11)15-6-10-14-5-8(2)18-10/h5,7H,4,6H2,1-3H3,(H2,13,15,16,17). The van der Waals surface area contributed by atoms with Crippen molar-refractivity contribution in [3.8, 4) is 0 Å². The van der Waals surface area contributed by atoms with Crippen LogP contribution in [0.1, 0.15) is 24.1 Å². The van der Waals surface area contributed by atoms with Gasteiger partial charge in [-0.1, -0.05) is 0 Å². The van der Waals surface area contributed by atoms with Crippen LogP contribution in [0.25, 0.3) is 0 Å². The Labute approximate surface area is 106 Å². The predicted octanol–water partition coefficient (Wildman–Crippen LogP) is 2.13. The Hall–Kier alpha value is -2.11. The van der Waals surface area contributed by atoms with Crippen LogP contribution in [0.5, 0.6) is 0 Å². The maximum atomic E-state index is 5.39. The molecule has 18 heavy (non-hydrogen) atoms. The topological polar surface area (TPSA) is 75.9 Å². The molecule has 0 radical (unpaired) electrons. The molecule has 0 atom stereocenters. The molecule has 0 unspecified atom stereocenters. The number of aromatic nitrogens is 3. The van der Waals surface area contributed by atoms with Gasteiger partial charge < -0.3 is 15.1 Å². The average molecular weight is 247 g/mol. The highest BCUT2D eigenvalue weighted by Gasteiger charge is 2.07. The number of hydrogen-bond donors (Lipinski definition) is 2. The van der Waals surface area contributed by atoms with Crippen LogP contribution in [0.15, 0.2) is 16.9 Å². The first kappa shape index (κ1) is 12.3. The van der Waals surface area contributed by atoms with Gasteiger partial charge in [-0.15, -0.1) is 0 Å². The summed E-state index contributed by atoms with van der Waals surface area (Å²) < 4.78 is 5.39. The summed E-state index contributed by atoms with van der Waals surface area (Å²) in [5.41, 5.74) is 0.989. The summed E-state index contributed by atoms with van der Waals surface area (Å²) >= 11 is 0. The van der Waals surface area contributed by atoms with Crippen LogP contribution in [0.2, 0.25) is 0 Å². The zero-order valence-corrected chi connectivity index (χ0v) is 10.8. The molecule has 0 aliphatic rings. The monoisotopic (exact) mass is 247 g/mol. The van der Waals surface area contributed by atoms with E-state index in [1.54, 1.807) is 6.20 Å². The lowest BCUT2D eigenvalue weighted by Crippen LogP contribution is -2.08. The van der Waals surface area contributed by atoms with E-state index < -0.39 is 0 Å². The van der Waals surface area contributed by atoms with Crippen LogP contribution >= 0.6 is 0 Å². The van der Waals surface area contributed by atoms with Gasteiger partial charge in [0.25, 0.3) is 0 Å². The van der Waals surface area contributed by atoms with Gasteiger partial charge in [0, 0.05) is 12.1 Å². The number of anilines is 2. The molecular weight excluding hydrogens is 230 g/mol. The lowest BCUT2D eigenvalue weighted by molar-refractivity contribution is 0.478. The van der Waals surface area contributed by atoms with E-state index in [2.05, 4.69) is 25.6 Å². The summed E-state index contributed by atoms with van der Waals surface area (Å²) in [5.74, 6) is 3.09. The van der Waals surface area contributed by atoms with E-state index in [1.165, 1.54) is 6.33 Å². The molecule has 0 fully saturated rings. The average Bonchev–Trinajstić information content (AvgIpc) is 2.77. The minimum Gasteiger partial charge on any atom is -0.444 e.